The van der Waals surface area contributed by atoms with Crippen LogP contribution in [0, 0.1) is 6.92 Å². The minimum Gasteiger partial charge on any atom is -0.306 e. The zero-order chi connectivity index (χ0) is 12.7. The highest BCUT2D eigenvalue weighted by Gasteiger charge is 2.14. The van der Waals surface area contributed by atoms with Crippen LogP contribution >= 0.6 is 22.7 Å². The van der Waals surface area contributed by atoms with E-state index in [0.29, 0.717) is 5.82 Å². The average Bonchev–Trinajstić information content (AvgIpc) is 2.95. The van der Waals surface area contributed by atoms with Gasteiger partial charge in [-0.3, -0.25) is 4.79 Å². The molecule has 3 heterocycles. The van der Waals surface area contributed by atoms with Crippen molar-refractivity contribution in [3.8, 4) is 11.4 Å². The van der Waals surface area contributed by atoms with Crippen molar-refractivity contribution in [3.05, 3.63) is 37.6 Å². The molecule has 1 N–H and O–H groups in total. The lowest BCUT2D eigenvalue weighted by Gasteiger charge is -1.98. The maximum Gasteiger partial charge on any atom is 0.260 e. The fourth-order valence-electron chi connectivity index (χ4n) is 2.14. The molecule has 0 aliphatic rings. The first-order chi connectivity index (χ1) is 8.70. The number of hydrogen-bond acceptors (Lipinski definition) is 4. The zero-order valence-corrected chi connectivity index (χ0v) is 11.7. The van der Waals surface area contributed by atoms with Crippen LogP contribution in [0.2, 0.25) is 0 Å². The monoisotopic (exact) mass is 276 g/mol. The van der Waals surface area contributed by atoms with Crippen LogP contribution in [0.1, 0.15) is 17.4 Å². The van der Waals surface area contributed by atoms with E-state index in [1.165, 1.54) is 4.88 Å². The van der Waals surface area contributed by atoms with Crippen LogP contribution in [-0.2, 0) is 6.42 Å². The largest absolute Gasteiger partial charge is 0.306 e. The Morgan fingerprint density at radius 1 is 1.44 bits per heavy atom. The van der Waals surface area contributed by atoms with Gasteiger partial charge < -0.3 is 4.98 Å². The molecule has 3 rings (SSSR count). The Kier molecular flexibility index (Phi) is 2.80. The van der Waals surface area contributed by atoms with Crippen molar-refractivity contribution in [1.29, 1.82) is 0 Å². The van der Waals surface area contributed by atoms with Crippen LogP contribution in [-0.4, -0.2) is 9.97 Å². The molecule has 0 aliphatic carbocycles. The van der Waals surface area contributed by atoms with Crippen molar-refractivity contribution in [2.24, 2.45) is 0 Å². The Morgan fingerprint density at radius 3 is 2.94 bits per heavy atom. The molecule has 3 aromatic heterocycles. The number of aromatic amines is 1. The van der Waals surface area contributed by atoms with Crippen LogP contribution in [0.3, 0.4) is 0 Å². The van der Waals surface area contributed by atoms with E-state index in [1.54, 1.807) is 22.7 Å². The van der Waals surface area contributed by atoms with E-state index in [2.05, 4.69) is 23.8 Å². The smallest absolute Gasteiger partial charge is 0.260 e. The number of fused-ring (bicyclic) bond motifs is 1. The molecule has 3 nitrogen and oxygen atoms in total. The van der Waals surface area contributed by atoms with Gasteiger partial charge in [-0.25, -0.2) is 4.98 Å². The minimum atomic E-state index is -0.0256. The van der Waals surface area contributed by atoms with E-state index >= 15 is 0 Å². The van der Waals surface area contributed by atoms with E-state index in [-0.39, 0.29) is 5.56 Å². The molecule has 3 aromatic rings. The molecule has 0 aliphatic heterocycles. The second-order valence-electron chi connectivity index (χ2n) is 4.10. The molecule has 0 aromatic carbocycles. The van der Waals surface area contributed by atoms with E-state index in [0.717, 1.165) is 27.8 Å². The number of thiophene rings is 2. The lowest BCUT2D eigenvalue weighted by molar-refractivity contribution is 1.13. The summed E-state index contributed by atoms with van der Waals surface area (Å²) in [7, 11) is 0. The van der Waals surface area contributed by atoms with E-state index < -0.39 is 0 Å². The second kappa shape index (κ2) is 4.33. The second-order valence-corrected chi connectivity index (χ2v) is 6.08. The van der Waals surface area contributed by atoms with Gasteiger partial charge in [0.1, 0.15) is 10.7 Å². The molecule has 0 bridgehead atoms. The molecule has 0 radical (unpaired) electrons. The van der Waals surface area contributed by atoms with Crippen LogP contribution in [0.15, 0.2) is 21.6 Å². The summed E-state index contributed by atoms with van der Waals surface area (Å²) in [5.41, 5.74) is 2.08. The number of hydrogen-bond donors (Lipinski definition) is 1. The quantitative estimate of drug-likeness (QED) is 0.777. The fraction of sp³-hybridized carbons (Fsp3) is 0.231. The summed E-state index contributed by atoms with van der Waals surface area (Å²) in [6.07, 6.45) is 0.869. The molecule has 0 saturated carbocycles. The third-order valence-corrected chi connectivity index (χ3v) is 4.74. The predicted molar refractivity (Wildman–Crippen MR) is 77.7 cm³/mol. The Hall–Kier alpha value is -1.46. The maximum atomic E-state index is 12.2. The van der Waals surface area contributed by atoms with Gasteiger partial charge in [0.15, 0.2) is 0 Å². The minimum absolute atomic E-state index is 0.0256. The maximum absolute atomic E-state index is 12.2. The Morgan fingerprint density at radius 2 is 2.28 bits per heavy atom. The molecule has 18 heavy (non-hydrogen) atoms. The number of aromatic nitrogens is 2. The molecule has 0 saturated heterocycles. The standard InChI is InChI=1S/C13H12N2OS2/c1-3-9-7(2)18-13-10(9)12(16)14-11(15-13)8-4-5-17-6-8/h4-6H,3H2,1-2H3,(H,14,15,16). The van der Waals surface area contributed by atoms with Gasteiger partial charge in [-0.2, -0.15) is 11.3 Å². The van der Waals surface area contributed by atoms with E-state index in [1.807, 2.05) is 16.8 Å². The predicted octanol–water partition coefficient (Wildman–Crippen LogP) is 3.58. The third-order valence-electron chi connectivity index (χ3n) is 3.01. The highest BCUT2D eigenvalue weighted by atomic mass is 32.1. The molecular formula is C13H12N2OS2. The average molecular weight is 276 g/mol. The number of nitrogens with zero attached hydrogens (tertiary/aromatic N) is 1. The first-order valence-electron chi connectivity index (χ1n) is 5.75. The SMILES string of the molecule is CCc1c(C)sc2nc(-c3ccsc3)[nH]c(=O)c12. The molecule has 0 amide bonds. The van der Waals surface area contributed by atoms with Crippen molar-refractivity contribution in [3.63, 3.8) is 0 Å². The Labute approximate surface area is 112 Å². The summed E-state index contributed by atoms with van der Waals surface area (Å²) in [5, 5.41) is 4.74. The van der Waals surface area contributed by atoms with Crippen molar-refractivity contribution in [1.82, 2.24) is 9.97 Å². The lowest BCUT2D eigenvalue weighted by atomic mass is 10.1. The first kappa shape index (κ1) is 11.6. The summed E-state index contributed by atoms with van der Waals surface area (Å²) >= 11 is 3.20. The topological polar surface area (TPSA) is 45.8 Å². The van der Waals surface area contributed by atoms with Crippen molar-refractivity contribution < 1.29 is 0 Å². The molecule has 5 heteroatoms. The zero-order valence-electron chi connectivity index (χ0n) is 10.1. The van der Waals surface area contributed by atoms with Gasteiger partial charge in [0.2, 0.25) is 0 Å². The highest BCUT2D eigenvalue weighted by Crippen LogP contribution is 2.28. The first-order valence-corrected chi connectivity index (χ1v) is 7.51. The van der Waals surface area contributed by atoms with Gasteiger partial charge >= 0.3 is 0 Å². The molecule has 0 atom stereocenters. The summed E-state index contributed by atoms with van der Waals surface area (Å²) in [6, 6.07) is 1.97. The van der Waals surface area contributed by atoms with E-state index in [9.17, 15) is 4.79 Å². The van der Waals surface area contributed by atoms with Crippen LogP contribution in [0.4, 0.5) is 0 Å². The van der Waals surface area contributed by atoms with Crippen molar-refractivity contribution >= 4 is 32.9 Å². The van der Waals surface area contributed by atoms with Gasteiger partial charge in [-0.15, -0.1) is 11.3 Å². The molecule has 0 spiro atoms. The van der Waals surface area contributed by atoms with Crippen LogP contribution < -0.4 is 5.56 Å². The molecule has 0 fully saturated rings. The normalized spacial score (nSPS) is 11.2. The summed E-state index contributed by atoms with van der Waals surface area (Å²) in [5.74, 6) is 0.664. The summed E-state index contributed by atoms with van der Waals surface area (Å²) in [6.45, 7) is 4.12. The van der Waals surface area contributed by atoms with Crippen molar-refractivity contribution in [2.75, 3.05) is 0 Å². The Balaban J connectivity index is 2.33. The van der Waals surface area contributed by atoms with Gasteiger partial charge in [-0.1, -0.05) is 6.92 Å². The molecule has 0 unspecified atom stereocenters. The van der Waals surface area contributed by atoms with Crippen LogP contribution in [0.25, 0.3) is 21.6 Å². The summed E-state index contributed by atoms with van der Waals surface area (Å²) < 4.78 is 0. The van der Waals surface area contributed by atoms with Gasteiger partial charge in [-0.05, 0) is 30.4 Å². The number of nitrogens with one attached hydrogen (secondary N) is 1. The van der Waals surface area contributed by atoms with E-state index in [4.69, 9.17) is 0 Å². The molecule has 92 valence electrons. The molecular weight excluding hydrogens is 264 g/mol. The number of H-pyrrole nitrogens is 1. The Bertz CT molecular complexity index is 753. The highest BCUT2D eigenvalue weighted by molar-refractivity contribution is 7.18. The van der Waals surface area contributed by atoms with Gasteiger partial charge in [0, 0.05) is 15.8 Å². The number of aryl methyl sites for hydroxylation is 2. The van der Waals surface area contributed by atoms with Crippen molar-refractivity contribution in [2.45, 2.75) is 20.3 Å². The number of rotatable bonds is 2. The third kappa shape index (κ3) is 1.71. The fourth-order valence-corrected chi connectivity index (χ4v) is 3.89. The lowest BCUT2D eigenvalue weighted by Crippen LogP contribution is -2.09. The summed E-state index contributed by atoms with van der Waals surface area (Å²) in [4.78, 5) is 21.7. The van der Waals surface area contributed by atoms with Crippen LogP contribution in [0.5, 0.6) is 0 Å². The van der Waals surface area contributed by atoms with Gasteiger partial charge in [0.25, 0.3) is 5.56 Å². The van der Waals surface area contributed by atoms with Gasteiger partial charge in [0.05, 0.1) is 5.39 Å².